The molecular weight excluding hydrogens is 159 g/mol. The molecule has 1 fully saturated rings. The molecule has 0 aromatic carbocycles. The lowest BCUT2D eigenvalue weighted by Crippen LogP contribution is -2.22. The Kier molecular flexibility index (Phi) is 2.24. The minimum Gasteiger partial charge on any atom is -0.780 e. The van der Waals surface area contributed by atoms with E-state index in [0.717, 1.165) is 6.42 Å². The first-order valence-corrected chi connectivity index (χ1v) is 5.30. The SMILES string of the molecule is C[C@H]1CCOP([O-])(=S)O1. The molecule has 54 valence electrons. The van der Waals surface area contributed by atoms with E-state index >= 15 is 0 Å². The Hall–Kier alpha value is 0.530. The average molecular weight is 167 g/mol. The molecule has 1 aliphatic heterocycles. The van der Waals surface area contributed by atoms with Crippen molar-refractivity contribution in [2.45, 2.75) is 19.4 Å². The van der Waals surface area contributed by atoms with Crippen LogP contribution in [0.3, 0.4) is 0 Å². The van der Waals surface area contributed by atoms with Gasteiger partial charge in [-0.15, -0.1) is 0 Å². The molecule has 0 bridgehead atoms. The Balaban J connectivity index is 2.51. The molecule has 9 heavy (non-hydrogen) atoms. The summed E-state index contributed by atoms with van der Waals surface area (Å²) < 4.78 is 9.51. The summed E-state index contributed by atoms with van der Waals surface area (Å²) in [6.07, 6.45) is 0.766. The second-order valence-corrected chi connectivity index (χ2v) is 4.69. The molecule has 3 nitrogen and oxygen atoms in total. The molecule has 5 heteroatoms. The minimum atomic E-state index is -3.06. The van der Waals surface area contributed by atoms with Gasteiger partial charge in [-0.3, -0.25) is 0 Å². The van der Waals surface area contributed by atoms with Crippen molar-refractivity contribution in [1.29, 1.82) is 0 Å². The Morgan fingerprint density at radius 2 is 2.44 bits per heavy atom. The van der Waals surface area contributed by atoms with E-state index in [-0.39, 0.29) is 6.10 Å². The van der Waals surface area contributed by atoms with Crippen LogP contribution >= 0.6 is 6.72 Å². The molecule has 0 aromatic rings. The third-order valence-electron chi connectivity index (χ3n) is 1.08. The largest absolute Gasteiger partial charge is 0.780 e. The molecule has 1 rings (SSSR count). The molecule has 0 spiro atoms. The molecule has 0 aromatic heterocycles. The molecule has 0 saturated carbocycles. The van der Waals surface area contributed by atoms with E-state index in [1.54, 1.807) is 0 Å². The van der Waals surface area contributed by atoms with Crippen molar-refractivity contribution in [2.24, 2.45) is 0 Å². The maximum Gasteiger partial charge on any atom is 0.115 e. The van der Waals surface area contributed by atoms with Crippen LogP contribution in [0, 0.1) is 0 Å². The van der Waals surface area contributed by atoms with Crippen molar-refractivity contribution in [1.82, 2.24) is 0 Å². The molecule has 0 aliphatic carbocycles. The average Bonchev–Trinajstić information content (AvgIpc) is 1.60. The normalized spacial score (nSPS) is 44.9. The highest BCUT2D eigenvalue weighted by Gasteiger charge is 2.15. The van der Waals surface area contributed by atoms with Crippen molar-refractivity contribution in [2.75, 3.05) is 6.61 Å². The molecule has 0 radical (unpaired) electrons. The summed E-state index contributed by atoms with van der Waals surface area (Å²) in [5.74, 6) is 0. The van der Waals surface area contributed by atoms with Gasteiger partial charge in [-0.25, -0.2) is 0 Å². The van der Waals surface area contributed by atoms with Crippen LogP contribution in [0.4, 0.5) is 0 Å². The molecular formula is C4H8O3PS-. The highest BCUT2D eigenvalue weighted by Crippen LogP contribution is 2.43. The molecule has 1 unspecified atom stereocenters. The maximum absolute atomic E-state index is 10.8. The van der Waals surface area contributed by atoms with Gasteiger partial charge in [-0.05, 0) is 13.3 Å². The van der Waals surface area contributed by atoms with Crippen molar-refractivity contribution in [3.05, 3.63) is 0 Å². The molecule has 0 N–H and O–H groups in total. The first kappa shape index (κ1) is 7.63. The van der Waals surface area contributed by atoms with Gasteiger partial charge in [-0.1, -0.05) is 11.8 Å². The number of hydrogen-bond donors (Lipinski definition) is 0. The molecule has 2 atom stereocenters. The Labute approximate surface area is 59.2 Å². The quantitative estimate of drug-likeness (QED) is 0.489. The van der Waals surface area contributed by atoms with Gasteiger partial charge in [-0.2, -0.15) is 0 Å². The van der Waals surface area contributed by atoms with E-state index in [9.17, 15) is 4.89 Å². The van der Waals surface area contributed by atoms with Gasteiger partial charge in [0.2, 0.25) is 0 Å². The predicted molar refractivity (Wildman–Crippen MR) is 35.4 cm³/mol. The second-order valence-electron chi connectivity index (χ2n) is 1.99. The fourth-order valence-electron chi connectivity index (χ4n) is 0.634. The van der Waals surface area contributed by atoms with Crippen molar-refractivity contribution < 1.29 is 13.9 Å². The summed E-state index contributed by atoms with van der Waals surface area (Å²) in [4.78, 5) is 10.8. The first-order chi connectivity index (χ1) is 4.10. The maximum atomic E-state index is 10.8. The molecule has 1 heterocycles. The van der Waals surface area contributed by atoms with Crippen LogP contribution in [-0.2, 0) is 20.9 Å². The van der Waals surface area contributed by atoms with Crippen molar-refractivity contribution in [3.8, 4) is 0 Å². The standard InChI is InChI=1S/C4H9O3PS/c1-4-2-3-6-8(5,9)7-4/h4H,2-3H2,1H3,(H,5,9)/p-1/t4-,8?/m0/s1. The van der Waals surface area contributed by atoms with Crippen LogP contribution in [-0.4, -0.2) is 12.7 Å². The summed E-state index contributed by atoms with van der Waals surface area (Å²) in [6, 6.07) is 0. The fraction of sp³-hybridized carbons (Fsp3) is 1.00. The van der Waals surface area contributed by atoms with Gasteiger partial charge >= 0.3 is 0 Å². The molecule has 1 saturated heterocycles. The van der Waals surface area contributed by atoms with Gasteiger partial charge in [0.05, 0.1) is 12.7 Å². The van der Waals surface area contributed by atoms with Gasteiger partial charge in [0.25, 0.3) is 0 Å². The second kappa shape index (κ2) is 2.64. The lowest BCUT2D eigenvalue weighted by molar-refractivity contribution is -0.217. The summed E-state index contributed by atoms with van der Waals surface area (Å²) in [5.41, 5.74) is 0. The summed E-state index contributed by atoms with van der Waals surface area (Å²) >= 11 is 4.48. The van der Waals surface area contributed by atoms with E-state index in [1.807, 2.05) is 6.92 Å². The van der Waals surface area contributed by atoms with E-state index in [2.05, 4.69) is 16.3 Å². The number of hydrogen-bond acceptors (Lipinski definition) is 4. The van der Waals surface area contributed by atoms with Crippen molar-refractivity contribution in [3.63, 3.8) is 0 Å². The number of rotatable bonds is 0. The third kappa shape index (κ3) is 2.32. The van der Waals surface area contributed by atoms with E-state index in [0.29, 0.717) is 6.61 Å². The lowest BCUT2D eigenvalue weighted by Gasteiger charge is -2.35. The Morgan fingerprint density at radius 1 is 1.78 bits per heavy atom. The van der Waals surface area contributed by atoms with Crippen LogP contribution in [0.15, 0.2) is 0 Å². The highest BCUT2D eigenvalue weighted by molar-refractivity contribution is 8.06. The van der Waals surface area contributed by atoms with Gasteiger partial charge in [0.15, 0.2) is 0 Å². The zero-order valence-corrected chi connectivity index (χ0v) is 6.78. The molecule has 0 amide bonds. The minimum absolute atomic E-state index is 0.0120. The first-order valence-electron chi connectivity index (χ1n) is 2.74. The Morgan fingerprint density at radius 3 is 2.78 bits per heavy atom. The van der Waals surface area contributed by atoms with Gasteiger partial charge < -0.3 is 13.9 Å². The lowest BCUT2D eigenvalue weighted by atomic mass is 10.3. The van der Waals surface area contributed by atoms with Gasteiger partial charge in [0, 0.05) is 0 Å². The topological polar surface area (TPSA) is 41.5 Å². The zero-order valence-electron chi connectivity index (χ0n) is 5.07. The van der Waals surface area contributed by atoms with E-state index < -0.39 is 6.72 Å². The predicted octanol–water partition coefficient (Wildman–Crippen LogP) is 0.397. The fourth-order valence-corrected chi connectivity index (χ4v) is 2.23. The van der Waals surface area contributed by atoms with Crippen LogP contribution in [0.25, 0.3) is 0 Å². The summed E-state index contributed by atoms with van der Waals surface area (Å²) in [7, 11) is 0. The monoisotopic (exact) mass is 167 g/mol. The van der Waals surface area contributed by atoms with E-state index in [4.69, 9.17) is 4.52 Å². The molecule has 1 aliphatic rings. The highest BCUT2D eigenvalue weighted by atomic mass is 32.5. The smallest absolute Gasteiger partial charge is 0.115 e. The Bertz CT molecular complexity index is 149. The third-order valence-corrected chi connectivity index (χ3v) is 2.77. The van der Waals surface area contributed by atoms with Crippen molar-refractivity contribution >= 4 is 18.5 Å². The van der Waals surface area contributed by atoms with Gasteiger partial charge in [0.1, 0.15) is 6.72 Å². The van der Waals surface area contributed by atoms with Crippen LogP contribution < -0.4 is 4.89 Å². The summed E-state index contributed by atoms with van der Waals surface area (Å²) in [5, 5.41) is 0. The van der Waals surface area contributed by atoms with Crippen LogP contribution in [0.2, 0.25) is 0 Å². The summed E-state index contributed by atoms with van der Waals surface area (Å²) in [6.45, 7) is -0.764. The zero-order chi connectivity index (χ0) is 6.91. The van der Waals surface area contributed by atoms with Crippen LogP contribution in [0.1, 0.15) is 13.3 Å². The van der Waals surface area contributed by atoms with E-state index in [1.165, 1.54) is 0 Å². The van der Waals surface area contributed by atoms with Crippen LogP contribution in [0.5, 0.6) is 0 Å².